The number of hydrogen-bond acceptors (Lipinski definition) is 7. The summed E-state index contributed by atoms with van der Waals surface area (Å²) in [5, 5.41) is 18.9. The Morgan fingerprint density at radius 3 is 1.45 bits per heavy atom. The predicted molar refractivity (Wildman–Crippen MR) is 124 cm³/mol. The zero-order valence-corrected chi connectivity index (χ0v) is 18.4. The molecule has 0 unspecified atom stereocenters. The molecule has 0 bridgehead atoms. The Bertz CT molecular complexity index is 1290. The summed E-state index contributed by atoms with van der Waals surface area (Å²) in [7, 11) is 0. The quantitative estimate of drug-likeness (QED) is 0.278. The van der Waals surface area contributed by atoms with Gasteiger partial charge in [-0.1, -0.05) is 12.1 Å². The van der Waals surface area contributed by atoms with Crippen LogP contribution in [0.15, 0.2) is 65.4 Å². The highest BCUT2D eigenvalue weighted by atomic mass is 32.1. The fourth-order valence-electron chi connectivity index (χ4n) is 3.21. The van der Waals surface area contributed by atoms with Gasteiger partial charge < -0.3 is 5.21 Å². The second-order valence-corrected chi connectivity index (χ2v) is 8.71. The zero-order valence-electron chi connectivity index (χ0n) is 16.8. The van der Waals surface area contributed by atoms with Crippen LogP contribution in [0.4, 0.5) is 0 Å². The number of rotatable bonds is 4. The molecule has 5 aromatic rings. The number of nitrogens with zero attached hydrogens (tertiary/aromatic N) is 5. The highest BCUT2D eigenvalue weighted by Crippen LogP contribution is 2.26. The van der Waals surface area contributed by atoms with E-state index in [-0.39, 0.29) is 0 Å². The van der Waals surface area contributed by atoms with Crippen LogP contribution in [0.5, 0.6) is 0 Å². The van der Waals surface area contributed by atoms with Gasteiger partial charge in [0.2, 0.25) is 11.4 Å². The lowest BCUT2D eigenvalue weighted by molar-refractivity contribution is -0.582. The summed E-state index contributed by atoms with van der Waals surface area (Å²) < 4.78 is 0.887. The van der Waals surface area contributed by atoms with Crippen molar-refractivity contribution in [2.45, 2.75) is 13.8 Å². The van der Waals surface area contributed by atoms with Gasteiger partial charge in [-0.25, -0.2) is 19.9 Å². The van der Waals surface area contributed by atoms with Gasteiger partial charge in [0.15, 0.2) is 0 Å². The van der Waals surface area contributed by atoms with Gasteiger partial charge in [-0.3, -0.25) is 0 Å². The van der Waals surface area contributed by atoms with E-state index >= 15 is 0 Å². The summed E-state index contributed by atoms with van der Waals surface area (Å²) in [6.07, 6.45) is 0. The molecule has 0 saturated heterocycles. The molecule has 0 saturated carbocycles. The molecule has 0 amide bonds. The first kappa shape index (κ1) is 19.5. The van der Waals surface area contributed by atoms with Crippen LogP contribution in [0.3, 0.4) is 0 Å². The van der Waals surface area contributed by atoms with E-state index in [2.05, 4.69) is 19.9 Å². The standard InChI is InChI=1S/C23H17N5OS2/c1-14-12-30-22(24-14)18-8-3-6-16(26-18)20-10-5-11-21(28(20)29)17-7-4-9-19(27-17)23-25-15(2)13-31-23/h3-13H,1-2H3. The second kappa shape index (κ2) is 7.98. The largest absolute Gasteiger partial charge is 0.618 e. The van der Waals surface area contributed by atoms with Gasteiger partial charge in [0.1, 0.15) is 21.4 Å². The minimum absolute atomic E-state index is 0.463. The molecule has 31 heavy (non-hydrogen) atoms. The molecule has 0 atom stereocenters. The van der Waals surface area contributed by atoms with Gasteiger partial charge in [0, 0.05) is 34.3 Å². The molecule has 0 aliphatic carbocycles. The van der Waals surface area contributed by atoms with Crippen LogP contribution in [-0.2, 0) is 0 Å². The molecular weight excluding hydrogens is 426 g/mol. The topological polar surface area (TPSA) is 78.5 Å². The van der Waals surface area contributed by atoms with Crippen molar-refractivity contribution < 1.29 is 4.73 Å². The first-order chi connectivity index (χ1) is 15.1. The maximum Gasteiger partial charge on any atom is 0.242 e. The average Bonchev–Trinajstić information content (AvgIpc) is 3.42. The molecule has 5 rings (SSSR count). The van der Waals surface area contributed by atoms with Crippen molar-refractivity contribution in [3.8, 4) is 44.2 Å². The van der Waals surface area contributed by atoms with Crippen LogP contribution < -0.4 is 4.73 Å². The fraction of sp³-hybridized carbons (Fsp3) is 0.0870. The Morgan fingerprint density at radius 1 is 0.613 bits per heavy atom. The van der Waals surface area contributed by atoms with E-state index in [4.69, 9.17) is 0 Å². The molecule has 5 aromatic heterocycles. The molecule has 0 aliphatic heterocycles. The van der Waals surface area contributed by atoms with Crippen molar-refractivity contribution in [2.24, 2.45) is 0 Å². The van der Waals surface area contributed by atoms with Crippen LogP contribution in [-0.4, -0.2) is 19.9 Å². The van der Waals surface area contributed by atoms with Gasteiger partial charge in [-0.15, -0.1) is 22.7 Å². The van der Waals surface area contributed by atoms with E-state index in [0.29, 0.717) is 22.8 Å². The predicted octanol–water partition coefficient (Wildman–Crippen LogP) is 5.31. The first-order valence-corrected chi connectivity index (χ1v) is 11.4. The Labute approximate surface area is 187 Å². The van der Waals surface area contributed by atoms with E-state index in [1.807, 2.05) is 67.1 Å². The lowest BCUT2D eigenvalue weighted by atomic mass is 10.1. The molecule has 6 nitrogen and oxygen atoms in total. The normalized spacial score (nSPS) is 11.0. The Kier molecular flexibility index (Phi) is 5.01. The van der Waals surface area contributed by atoms with E-state index in [0.717, 1.165) is 37.5 Å². The molecule has 8 heteroatoms. The molecule has 0 N–H and O–H groups in total. The minimum atomic E-state index is 0.463. The Balaban J connectivity index is 1.56. The van der Waals surface area contributed by atoms with Gasteiger partial charge in [0.05, 0.1) is 11.4 Å². The van der Waals surface area contributed by atoms with E-state index < -0.39 is 0 Å². The molecule has 0 spiro atoms. The first-order valence-electron chi connectivity index (χ1n) is 9.61. The fourth-order valence-corrected chi connectivity index (χ4v) is 4.74. The van der Waals surface area contributed by atoms with Crippen LogP contribution in [0, 0.1) is 19.1 Å². The van der Waals surface area contributed by atoms with E-state index in [1.165, 1.54) is 22.7 Å². The molecule has 0 aromatic carbocycles. The van der Waals surface area contributed by atoms with Crippen molar-refractivity contribution in [1.82, 2.24) is 19.9 Å². The maximum absolute atomic E-state index is 13.3. The molecule has 0 fully saturated rings. The number of pyridine rings is 3. The summed E-state index contributed by atoms with van der Waals surface area (Å²) in [6, 6.07) is 16.6. The molecule has 0 aliphatic rings. The van der Waals surface area contributed by atoms with Crippen LogP contribution in [0.25, 0.3) is 44.2 Å². The van der Waals surface area contributed by atoms with Crippen molar-refractivity contribution in [2.75, 3.05) is 0 Å². The molecule has 5 heterocycles. The van der Waals surface area contributed by atoms with Crippen molar-refractivity contribution in [3.63, 3.8) is 0 Å². The summed E-state index contributed by atoms with van der Waals surface area (Å²) in [4.78, 5) is 18.4. The summed E-state index contributed by atoms with van der Waals surface area (Å²) in [6.45, 7) is 3.90. The Morgan fingerprint density at radius 2 is 1.03 bits per heavy atom. The smallest absolute Gasteiger partial charge is 0.242 e. The minimum Gasteiger partial charge on any atom is -0.618 e. The van der Waals surface area contributed by atoms with Crippen LogP contribution in [0.2, 0.25) is 0 Å². The third-order valence-electron chi connectivity index (χ3n) is 4.65. The third kappa shape index (κ3) is 3.83. The highest BCUT2D eigenvalue weighted by Gasteiger charge is 2.19. The number of aromatic nitrogens is 5. The van der Waals surface area contributed by atoms with E-state index in [9.17, 15) is 5.21 Å². The van der Waals surface area contributed by atoms with Gasteiger partial charge in [-0.05, 0) is 44.2 Å². The second-order valence-electron chi connectivity index (χ2n) is 6.99. The number of hydrogen-bond donors (Lipinski definition) is 0. The summed E-state index contributed by atoms with van der Waals surface area (Å²) in [5.41, 5.74) is 5.52. The van der Waals surface area contributed by atoms with Crippen molar-refractivity contribution >= 4 is 22.7 Å². The zero-order chi connectivity index (χ0) is 21.4. The van der Waals surface area contributed by atoms with Gasteiger partial charge >= 0.3 is 0 Å². The molecule has 152 valence electrons. The van der Waals surface area contributed by atoms with Crippen LogP contribution in [0.1, 0.15) is 11.4 Å². The van der Waals surface area contributed by atoms with Gasteiger partial charge in [-0.2, -0.15) is 4.73 Å². The van der Waals surface area contributed by atoms with E-state index in [1.54, 1.807) is 12.1 Å². The maximum atomic E-state index is 13.3. The lowest BCUT2D eigenvalue weighted by Gasteiger charge is -2.09. The SMILES string of the molecule is Cc1csc(-c2cccc(-c3cccc(-c4cccc(-c5nc(C)cs5)n4)[n+]3[O-])n2)n1. The highest BCUT2D eigenvalue weighted by molar-refractivity contribution is 7.13. The van der Waals surface area contributed by atoms with Crippen LogP contribution >= 0.6 is 22.7 Å². The third-order valence-corrected chi connectivity index (χ3v) is 6.61. The monoisotopic (exact) mass is 443 g/mol. The molecule has 0 radical (unpaired) electrons. The lowest BCUT2D eigenvalue weighted by Crippen LogP contribution is -2.32. The molecular formula is C23H17N5OS2. The van der Waals surface area contributed by atoms with Crippen molar-refractivity contribution in [1.29, 1.82) is 0 Å². The number of thiazole rings is 2. The Hall–Kier alpha value is -3.49. The van der Waals surface area contributed by atoms with Gasteiger partial charge in [0.25, 0.3) is 0 Å². The summed E-state index contributed by atoms with van der Waals surface area (Å²) in [5.74, 6) is 0. The summed E-state index contributed by atoms with van der Waals surface area (Å²) >= 11 is 3.08. The van der Waals surface area contributed by atoms with Crippen molar-refractivity contribution in [3.05, 3.63) is 82.0 Å². The average molecular weight is 444 g/mol. The number of aryl methyl sites for hydroxylation is 2.